The van der Waals surface area contributed by atoms with Crippen LogP contribution in [0.1, 0.15) is 201 Å². The molecule has 9 nitrogen and oxygen atoms in total. The number of halogens is 1. The molecular formula is C52H117FN6O3S. The average molecular weight is 926 g/mol. The number of likely N-dealkylation sites (N-methyl/N-ethyl adjacent to an activating group) is 1. The highest BCUT2D eigenvalue weighted by Crippen LogP contribution is 2.23. The van der Waals surface area contributed by atoms with Gasteiger partial charge in [-0.1, -0.05) is 124 Å². The third kappa shape index (κ3) is 56.8. The van der Waals surface area contributed by atoms with Gasteiger partial charge in [0.25, 0.3) is 0 Å². The molecule has 2 amide bonds. The van der Waals surface area contributed by atoms with Crippen molar-refractivity contribution in [1.82, 2.24) is 29.8 Å². The maximum Gasteiger partial charge on any atom is 0.222 e. The third-order valence-corrected chi connectivity index (χ3v) is 11.1. The SMILES string of the molecule is C=S(C)(=O)CCC.CC.CC.CC.CCC(=O)N1CCCC1.CCC(=O)NCCC(C)C.CCCC.CCCN1CC(C)(F)C1.CCCN1CCCC1.CCCN1CCN(C)CC1. The number of carbonyl (C=O) groups excluding carboxylic acids is 2. The number of amides is 2. The molecule has 0 radical (unpaired) electrons. The maximum atomic E-state index is 12.7. The van der Waals surface area contributed by atoms with Gasteiger partial charge in [0.1, 0.15) is 5.67 Å². The van der Waals surface area contributed by atoms with E-state index >= 15 is 0 Å². The largest absolute Gasteiger partial charge is 0.356 e. The van der Waals surface area contributed by atoms with Gasteiger partial charge in [-0.05, 0) is 126 Å². The Kier molecular flexibility index (Phi) is 62.1. The molecule has 0 spiro atoms. The molecule has 63 heavy (non-hydrogen) atoms. The number of nitrogens with zero attached hydrogens (tertiary/aromatic N) is 5. The predicted octanol–water partition coefficient (Wildman–Crippen LogP) is 11.8. The highest BCUT2D eigenvalue weighted by molar-refractivity contribution is 7.99. The van der Waals surface area contributed by atoms with E-state index in [2.05, 4.69) is 86.3 Å². The molecule has 0 aromatic heterocycles. The van der Waals surface area contributed by atoms with Gasteiger partial charge < -0.3 is 24.9 Å². The first-order valence-electron chi connectivity index (χ1n) is 26.3. The first-order valence-corrected chi connectivity index (χ1v) is 28.6. The second-order valence-corrected chi connectivity index (χ2v) is 19.8. The Balaban J connectivity index is -0.000000149. The van der Waals surface area contributed by atoms with E-state index in [1.54, 1.807) is 13.2 Å². The van der Waals surface area contributed by atoms with Crippen LogP contribution in [0.3, 0.4) is 0 Å². The van der Waals surface area contributed by atoms with E-state index in [1.807, 2.05) is 67.2 Å². The van der Waals surface area contributed by atoms with Crippen molar-refractivity contribution in [2.45, 2.75) is 207 Å². The third-order valence-electron chi connectivity index (χ3n) is 9.78. The summed E-state index contributed by atoms with van der Waals surface area (Å²) in [5, 5.41) is 2.82. The molecule has 4 fully saturated rings. The minimum atomic E-state index is -1.67. The zero-order valence-corrected chi connectivity index (χ0v) is 47.1. The molecule has 0 saturated carbocycles. The number of hydrogen-bond acceptors (Lipinski definition) is 7. The van der Waals surface area contributed by atoms with Crippen LogP contribution in [-0.2, 0) is 19.1 Å². The summed E-state index contributed by atoms with van der Waals surface area (Å²) in [6.07, 6.45) is 16.6. The number of carbonyl (C=O) groups is 2. The Morgan fingerprint density at radius 1 is 0.635 bits per heavy atom. The molecule has 386 valence electrons. The Morgan fingerprint density at radius 3 is 1.33 bits per heavy atom. The fourth-order valence-corrected chi connectivity index (χ4v) is 7.18. The van der Waals surface area contributed by atoms with Crippen LogP contribution >= 0.6 is 0 Å². The first-order chi connectivity index (χ1) is 29.9. The van der Waals surface area contributed by atoms with Gasteiger partial charge in [0.05, 0.1) is 0 Å². The van der Waals surface area contributed by atoms with Crippen molar-refractivity contribution < 1.29 is 18.2 Å². The lowest BCUT2D eigenvalue weighted by atomic mass is 9.99. The van der Waals surface area contributed by atoms with Crippen molar-refractivity contribution in [3.8, 4) is 0 Å². The van der Waals surface area contributed by atoms with Gasteiger partial charge >= 0.3 is 0 Å². The average Bonchev–Trinajstić information content (AvgIpc) is 4.00. The summed E-state index contributed by atoms with van der Waals surface area (Å²) < 4.78 is 23.4. The molecule has 0 aliphatic carbocycles. The molecule has 4 aliphatic heterocycles. The number of rotatable bonds is 14. The summed E-state index contributed by atoms with van der Waals surface area (Å²) in [6.45, 7) is 50.2. The quantitative estimate of drug-likeness (QED) is 0.174. The maximum absolute atomic E-state index is 12.7. The zero-order valence-electron chi connectivity index (χ0n) is 46.3. The molecule has 4 aliphatic rings. The van der Waals surface area contributed by atoms with E-state index in [9.17, 15) is 18.2 Å². The van der Waals surface area contributed by atoms with E-state index < -0.39 is 15.2 Å². The van der Waals surface area contributed by atoms with Crippen LogP contribution in [0.25, 0.3) is 0 Å². The minimum absolute atomic E-state index is 0.153. The second kappa shape index (κ2) is 53.3. The normalized spacial score (nSPS) is 17.3. The fourth-order valence-electron chi connectivity index (χ4n) is 6.32. The summed E-state index contributed by atoms with van der Waals surface area (Å²) in [5.74, 6) is 5.39. The summed E-state index contributed by atoms with van der Waals surface area (Å²) in [4.78, 5) is 33.2. The summed E-state index contributed by atoms with van der Waals surface area (Å²) in [6, 6.07) is 0. The van der Waals surface area contributed by atoms with Crippen LogP contribution in [0.15, 0.2) is 0 Å². The topological polar surface area (TPSA) is 79.4 Å². The lowest BCUT2D eigenvalue weighted by molar-refractivity contribution is -0.129. The van der Waals surface area contributed by atoms with Crippen molar-refractivity contribution >= 4 is 27.2 Å². The van der Waals surface area contributed by atoms with E-state index in [0.717, 1.165) is 51.2 Å². The number of unbranched alkanes of at least 4 members (excludes halogenated alkanes) is 1. The minimum Gasteiger partial charge on any atom is -0.356 e. The van der Waals surface area contributed by atoms with Gasteiger partial charge in [0.15, 0.2) is 0 Å². The summed E-state index contributed by atoms with van der Waals surface area (Å²) in [5.41, 5.74) is -0.880. The van der Waals surface area contributed by atoms with Gasteiger partial charge in [0, 0.05) is 83.8 Å². The number of hydrogen-bond donors (Lipinski definition) is 1. The fraction of sp³-hybridized carbons (Fsp3) is 0.942. The van der Waals surface area contributed by atoms with Crippen LogP contribution in [0.5, 0.6) is 0 Å². The van der Waals surface area contributed by atoms with Gasteiger partial charge in [0.2, 0.25) is 11.8 Å². The van der Waals surface area contributed by atoms with E-state index in [0.29, 0.717) is 37.8 Å². The molecular weight excluding hydrogens is 808 g/mol. The van der Waals surface area contributed by atoms with Gasteiger partial charge in [-0.25, -0.2) is 4.39 Å². The second-order valence-electron chi connectivity index (χ2n) is 17.0. The van der Waals surface area contributed by atoms with Crippen LogP contribution in [0.2, 0.25) is 0 Å². The first kappa shape index (κ1) is 73.3. The molecule has 0 aromatic carbocycles. The smallest absolute Gasteiger partial charge is 0.222 e. The van der Waals surface area contributed by atoms with Crippen LogP contribution in [-0.4, -0.2) is 163 Å². The number of piperazine rings is 1. The Bertz CT molecular complexity index is 1000. The molecule has 1 N–H and O–H groups in total. The van der Waals surface area contributed by atoms with Gasteiger partial charge in [-0.15, -0.1) is 0 Å². The lowest BCUT2D eigenvalue weighted by Crippen LogP contribution is -2.56. The highest BCUT2D eigenvalue weighted by atomic mass is 32.2. The predicted molar refractivity (Wildman–Crippen MR) is 286 cm³/mol. The summed E-state index contributed by atoms with van der Waals surface area (Å²) in [7, 11) is 0.524. The summed E-state index contributed by atoms with van der Waals surface area (Å²) >= 11 is 0. The van der Waals surface area contributed by atoms with Crippen LogP contribution in [0, 0.1) is 5.92 Å². The molecule has 1 atom stereocenters. The number of likely N-dealkylation sites (tertiary alicyclic amines) is 3. The standard InChI is InChI=1S/C8H18N2.C8H17NO.C7H14FN.C7H13NO.C7H15N.C5H12OS.C4H10.3C2H6/c1-3-4-10-7-5-9(2)6-8-10;1-4-8(10)9-6-5-7(2)3;1-3-4-9-5-7(2,8)6-9;1-2-7(9)8-5-3-4-6-8;1-2-5-8-6-3-4-7-8;1-4-5-7(2,3)6;1-3-4-2;3*1-2/h3-8H2,1-2H3;7H,4-6H2,1-3H3,(H,9,10);3-6H2,1-2H3;2-6H2,1H3;2-7H2,1H3;2,4-5H2,1,3H3;3-4H2,1-2H3;3*1-2H3. The van der Waals surface area contributed by atoms with Crippen molar-refractivity contribution in [2.75, 3.05) is 111 Å². The van der Waals surface area contributed by atoms with Crippen molar-refractivity contribution in [3.63, 3.8) is 0 Å². The zero-order chi connectivity index (χ0) is 50.1. The monoisotopic (exact) mass is 925 g/mol. The van der Waals surface area contributed by atoms with E-state index in [-0.39, 0.29) is 5.91 Å². The Morgan fingerprint density at radius 2 is 1.03 bits per heavy atom. The van der Waals surface area contributed by atoms with E-state index in [1.165, 1.54) is 104 Å². The Hall–Kier alpha value is -1.27. The number of alkyl halides is 1. The number of nitrogens with one attached hydrogen (secondary N) is 1. The Labute approximate surface area is 397 Å². The molecule has 0 bridgehead atoms. The van der Waals surface area contributed by atoms with Gasteiger partial charge in [-0.3, -0.25) is 18.7 Å². The van der Waals surface area contributed by atoms with Crippen LogP contribution < -0.4 is 5.32 Å². The van der Waals surface area contributed by atoms with Crippen molar-refractivity contribution in [3.05, 3.63) is 0 Å². The molecule has 4 saturated heterocycles. The molecule has 11 heteroatoms. The van der Waals surface area contributed by atoms with E-state index in [4.69, 9.17) is 0 Å². The van der Waals surface area contributed by atoms with Crippen molar-refractivity contribution in [1.29, 1.82) is 0 Å². The van der Waals surface area contributed by atoms with Crippen molar-refractivity contribution in [2.24, 2.45) is 5.92 Å². The molecule has 1 unspecified atom stereocenters. The molecule has 4 rings (SSSR count). The highest BCUT2D eigenvalue weighted by Gasteiger charge is 2.37. The lowest BCUT2D eigenvalue weighted by Gasteiger charge is -2.42. The molecule has 0 aromatic rings. The van der Waals surface area contributed by atoms with Crippen LogP contribution in [0.4, 0.5) is 4.39 Å². The van der Waals surface area contributed by atoms with Gasteiger partial charge in [-0.2, -0.15) is 0 Å². The molecule has 4 heterocycles.